The molecule has 76 valence electrons. The van der Waals surface area contributed by atoms with Crippen molar-refractivity contribution in [3.05, 3.63) is 12.7 Å². The van der Waals surface area contributed by atoms with Gasteiger partial charge in [0, 0.05) is 6.54 Å². The predicted octanol–water partition coefficient (Wildman–Crippen LogP) is 1.98. The number of nitrogens with one attached hydrogen (secondary N) is 1. The van der Waals surface area contributed by atoms with Crippen LogP contribution in [0.15, 0.2) is 12.7 Å². The summed E-state index contributed by atoms with van der Waals surface area (Å²) >= 11 is 0. The van der Waals surface area contributed by atoms with Crippen LogP contribution in [0.1, 0.15) is 32.1 Å². The molecule has 0 aliphatic heterocycles. The number of likely N-dealkylation sites (N-methyl/N-ethyl adjacent to an activating group) is 1. The lowest BCUT2D eigenvalue weighted by molar-refractivity contribution is 0.0591. The summed E-state index contributed by atoms with van der Waals surface area (Å²) in [6, 6.07) is 0. The molecule has 1 rings (SSSR count). The molecule has 0 unspecified atom stereocenters. The van der Waals surface area contributed by atoms with Crippen molar-refractivity contribution in [2.24, 2.45) is 0 Å². The number of hydrogen-bond acceptors (Lipinski definition) is 2. The Hall–Kier alpha value is -0.340. The number of nitrogens with zero attached hydrogens (tertiary/aromatic N) is 1. The normalized spacial score (nSPS) is 21.8. The van der Waals surface area contributed by atoms with Gasteiger partial charge in [0.2, 0.25) is 0 Å². The molecule has 0 heterocycles. The third-order valence-corrected chi connectivity index (χ3v) is 3.28. The van der Waals surface area contributed by atoms with Crippen LogP contribution in [0.25, 0.3) is 0 Å². The third kappa shape index (κ3) is 2.32. The van der Waals surface area contributed by atoms with E-state index in [1.807, 2.05) is 6.08 Å². The Morgan fingerprint density at radius 2 is 2.00 bits per heavy atom. The van der Waals surface area contributed by atoms with E-state index in [0.717, 1.165) is 6.54 Å². The van der Waals surface area contributed by atoms with E-state index in [4.69, 9.17) is 0 Å². The van der Waals surface area contributed by atoms with Crippen molar-refractivity contribution >= 4 is 0 Å². The monoisotopic (exact) mass is 182 g/mol. The maximum absolute atomic E-state index is 3.79. The van der Waals surface area contributed by atoms with E-state index in [1.165, 1.54) is 32.1 Å². The molecule has 0 amide bonds. The zero-order valence-electron chi connectivity index (χ0n) is 8.97. The van der Waals surface area contributed by atoms with Crippen LogP contribution in [0.3, 0.4) is 0 Å². The maximum Gasteiger partial charge on any atom is 0.0710 e. The quantitative estimate of drug-likeness (QED) is 0.528. The summed E-state index contributed by atoms with van der Waals surface area (Å²) in [4.78, 5) is 2.39. The van der Waals surface area contributed by atoms with Gasteiger partial charge in [-0.3, -0.25) is 4.90 Å². The van der Waals surface area contributed by atoms with Gasteiger partial charge in [0.15, 0.2) is 0 Å². The van der Waals surface area contributed by atoms with Crippen molar-refractivity contribution in [1.82, 2.24) is 10.2 Å². The Morgan fingerprint density at radius 1 is 1.38 bits per heavy atom. The van der Waals surface area contributed by atoms with E-state index >= 15 is 0 Å². The fourth-order valence-electron chi connectivity index (χ4n) is 2.33. The van der Waals surface area contributed by atoms with Crippen molar-refractivity contribution in [1.29, 1.82) is 0 Å². The molecule has 2 nitrogen and oxygen atoms in total. The van der Waals surface area contributed by atoms with Gasteiger partial charge in [0.05, 0.1) is 5.66 Å². The topological polar surface area (TPSA) is 15.3 Å². The van der Waals surface area contributed by atoms with Crippen molar-refractivity contribution in [3.63, 3.8) is 0 Å². The van der Waals surface area contributed by atoms with Gasteiger partial charge in [-0.25, -0.2) is 0 Å². The Labute approximate surface area is 82.0 Å². The van der Waals surface area contributed by atoms with Crippen molar-refractivity contribution < 1.29 is 0 Å². The molecule has 0 radical (unpaired) electrons. The van der Waals surface area contributed by atoms with Crippen molar-refractivity contribution in [3.8, 4) is 0 Å². The van der Waals surface area contributed by atoms with Crippen LogP contribution >= 0.6 is 0 Å². The molecule has 1 N–H and O–H groups in total. The standard InChI is InChI=1S/C11H22N2/c1-4-10-13(3)11(12-2)8-6-5-7-9-11/h4,12H,1,5-10H2,2-3H3. The van der Waals surface area contributed by atoms with E-state index in [-0.39, 0.29) is 5.66 Å². The van der Waals surface area contributed by atoms with Gasteiger partial charge < -0.3 is 5.32 Å². The molecule has 0 saturated heterocycles. The minimum Gasteiger partial charge on any atom is -0.302 e. The average molecular weight is 182 g/mol. The molecule has 0 aromatic carbocycles. The molecule has 0 spiro atoms. The van der Waals surface area contributed by atoms with E-state index in [1.54, 1.807) is 0 Å². The van der Waals surface area contributed by atoms with Gasteiger partial charge in [0.25, 0.3) is 0 Å². The second kappa shape index (κ2) is 4.77. The van der Waals surface area contributed by atoms with Crippen LogP contribution < -0.4 is 5.32 Å². The summed E-state index contributed by atoms with van der Waals surface area (Å²) in [5, 5.41) is 3.48. The van der Waals surface area contributed by atoms with E-state index in [2.05, 4.69) is 30.9 Å². The number of rotatable bonds is 4. The maximum atomic E-state index is 3.79. The molecule has 1 aliphatic carbocycles. The van der Waals surface area contributed by atoms with Gasteiger partial charge in [-0.15, -0.1) is 6.58 Å². The van der Waals surface area contributed by atoms with E-state index in [9.17, 15) is 0 Å². The van der Waals surface area contributed by atoms with E-state index in [0.29, 0.717) is 0 Å². The summed E-state index contributed by atoms with van der Waals surface area (Å²) in [5.41, 5.74) is 0.242. The first-order valence-electron chi connectivity index (χ1n) is 5.26. The fraction of sp³-hybridized carbons (Fsp3) is 0.818. The molecule has 0 aromatic rings. The van der Waals surface area contributed by atoms with Crippen LogP contribution in [0, 0.1) is 0 Å². The largest absolute Gasteiger partial charge is 0.302 e. The van der Waals surface area contributed by atoms with Crippen LogP contribution in [-0.4, -0.2) is 31.2 Å². The Kier molecular flexibility index (Phi) is 3.94. The van der Waals surface area contributed by atoms with Gasteiger partial charge in [-0.1, -0.05) is 25.3 Å². The first kappa shape index (κ1) is 10.7. The fourth-order valence-corrected chi connectivity index (χ4v) is 2.33. The molecule has 2 heteroatoms. The Morgan fingerprint density at radius 3 is 2.46 bits per heavy atom. The van der Waals surface area contributed by atoms with Crippen LogP contribution in [-0.2, 0) is 0 Å². The first-order valence-corrected chi connectivity index (χ1v) is 5.26. The highest BCUT2D eigenvalue weighted by molar-refractivity contribution is 4.90. The number of hydrogen-bond donors (Lipinski definition) is 1. The van der Waals surface area contributed by atoms with Crippen molar-refractivity contribution in [2.45, 2.75) is 37.8 Å². The molecule has 0 aromatic heterocycles. The molecule has 0 atom stereocenters. The van der Waals surface area contributed by atoms with Gasteiger partial charge in [-0.2, -0.15) is 0 Å². The average Bonchev–Trinajstić information content (AvgIpc) is 2.19. The molecule has 1 fully saturated rings. The van der Waals surface area contributed by atoms with Crippen LogP contribution in [0.2, 0.25) is 0 Å². The van der Waals surface area contributed by atoms with Crippen LogP contribution in [0.5, 0.6) is 0 Å². The highest BCUT2D eigenvalue weighted by atomic mass is 15.3. The minimum atomic E-state index is 0.242. The summed E-state index contributed by atoms with van der Waals surface area (Å²) in [5.74, 6) is 0. The second-order valence-electron chi connectivity index (χ2n) is 4.01. The molecule has 1 aliphatic rings. The lowest BCUT2D eigenvalue weighted by Crippen LogP contribution is -2.57. The smallest absolute Gasteiger partial charge is 0.0710 e. The third-order valence-electron chi connectivity index (χ3n) is 3.28. The van der Waals surface area contributed by atoms with Gasteiger partial charge in [-0.05, 0) is 26.9 Å². The highest BCUT2D eigenvalue weighted by Crippen LogP contribution is 2.29. The lowest BCUT2D eigenvalue weighted by Gasteiger charge is -2.44. The predicted molar refractivity (Wildman–Crippen MR) is 57.7 cm³/mol. The van der Waals surface area contributed by atoms with E-state index < -0.39 is 0 Å². The summed E-state index contributed by atoms with van der Waals surface area (Å²) in [6.07, 6.45) is 8.62. The zero-order valence-corrected chi connectivity index (χ0v) is 8.97. The summed E-state index contributed by atoms with van der Waals surface area (Å²) < 4.78 is 0. The summed E-state index contributed by atoms with van der Waals surface area (Å²) in [7, 11) is 4.26. The Bertz CT molecular complexity index is 159. The van der Waals surface area contributed by atoms with Crippen LogP contribution in [0.4, 0.5) is 0 Å². The molecular weight excluding hydrogens is 160 g/mol. The molecule has 1 saturated carbocycles. The Balaban J connectivity index is 2.60. The molecule has 13 heavy (non-hydrogen) atoms. The first-order chi connectivity index (χ1) is 6.25. The van der Waals surface area contributed by atoms with Gasteiger partial charge >= 0.3 is 0 Å². The zero-order chi connectivity index (χ0) is 9.73. The highest BCUT2D eigenvalue weighted by Gasteiger charge is 2.33. The minimum absolute atomic E-state index is 0.242. The second-order valence-corrected chi connectivity index (χ2v) is 4.01. The molecular formula is C11H22N2. The van der Waals surface area contributed by atoms with Gasteiger partial charge in [0.1, 0.15) is 0 Å². The summed E-state index contributed by atoms with van der Waals surface area (Å²) in [6.45, 7) is 4.76. The van der Waals surface area contributed by atoms with Crippen molar-refractivity contribution in [2.75, 3.05) is 20.6 Å². The SMILES string of the molecule is C=CCN(C)C1(NC)CCCCC1. The molecule has 0 bridgehead atoms. The lowest BCUT2D eigenvalue weighted by atomic mass is 9.88.